The van der Waals surface area contributed by atoms with Gasteiger partial charge in [0, 0.05) is 13.5 Å². The molecular formula is C14H23NO. The van der Waals surface area contributed by atoms with Gasteiger partial charge < -0.3 is 5.32 Å². The number of carbonyl (C=O) groups is 1. The predicted octanol–water partition coefficient (Wildman–Crippen LogP) is 3.09. The minimum Gasteiger partial charge on any atom is -0.359 e. The Morgan fingerprint density at radius 1 is 1.19 bits per heavy atom. The largest absolute Gasteiger partial charge is 0.359 e. The summed E-state index contributed by atoms with van der Waals surface area (Å²) < 4.78 is 0. The summed E-state index contributed by atoms with van der Waals surface area (Å²) >= 11 is 0. The third-order valence-electron chi connectivity index (χ3n) is 2.27. The van der Waals surface area contributed by atoms with Crippen LogP contribution in [0.25, 0.3) is 0 Å². The molecule has 0 radical (unpaired) electrons. The van der Waals surface area contributed by atoms with Gasteiger partial charge in [0.25, 0.3) is 0 Å². The van der Waals surface area contributed by atoms with Crippen LogP contribution in [0.3, 0.4) is 0 Å². The monoisotopic (exact) mass is 221 g/mol. The molecule has 1 aromatic rings. The number of nitrogens with one attached hydrogen (secondary N) is 1. The van der Waals surface area contributed by atoms with Gasteiger partial charge in [-0.3, -0.25) is 4.79 Å². The topological polar surface area (TPSA) is 29.1 Å². The number of hydrogen-bond acceptors (Lipinski definition) is 1. The normalized spacial score (nSPS) is 9.00. The Hall–Kier alpha value is -1.31. The molecule has 0 aliphatic carbocycles. The number of amides is 1. The van der Waals surface area contributed by atoms with E-state index in [1.54, 1.807) is 7.05 Å². The zero-order valence-electron chi connectivity index (χ0n) is 10.8. The van der Waals surface area contributed by atoms with Crippen LogP contribution >= 0.6 is 0 Å². The Balaban J connectivity index is 0.00000106. The van der Waals surface area contributed by atoms with Gasteiger partial charge in [-0.25, -0.2) is 0 Å². The number of benzene rings is 1. The summed E-state index contributed by atoms with van der Waals surface area (Å²) in [6, 6.07) is 8.46. The first-order chi connectivity index (χ1) is 7.72. The molecule has 0 aliphatic heterocycles. The lowest BCUT2D eigenvalue weighted by atomic mass is 10.1. The summed E-state index contributed by atoms with van der Waals surface area (Å²) in [6.45, 7) is 6.08. The summed E-state index contributed by atoms with van der Waals surface area (Å²) in [5.74, 6) is 0.122. The van der Waals surface area contributed by atoms with E-state index in [0.29, 0.717) is 6.42 Å². The van der Waals surface area contributed by atoms with E-state index < -0.39 is 0 Å². The molecule has 1 N–H and O–H groups in total. The molecule has 16 heavy (non-hydrogen) atoms. The molecule has 0 atom stereocenters. The van der Waals surface area contributed by atoms with Gasteiger partial charge >= 0.3 is 0 Å². The molecule has 2 nitrogen and oxygen atoms in total. The van der Waals surface area contributed by atoms with E-state index in [9.17, 15) is 4.79 Å². The third-order valence-corrected chi connectivity index (χ3v) is 2.27. The molecule has 0 saturated heterocycles. The molecule has 1 aromatic carbocycles. The third kappa shape index (κ3) is 6.23. The Morgan fingerprint density at radius 3 is 2.25 bits per heavy atom. The lowest BCUT2D eigenvalue weighted by Crippen LogP contribution is -2.17. The molecule has 90 valence electrons. The second kappa shape index (κ2) is 8.96. The van der Waals surface area contributed by atoms with Crippen LogP contribution in [0.15, 0.2) is 24.3 Å². The first kappa shape index (κ1) is 14.7. The van der Waals surface area contributed by atoms with Crippen molar-refractivity contribution >= 4 is 5.91 Å². The second-order valence-electron chi connectivity index (χ2n) is 3.51. The standard InChI is InChI=1S/C12H17NO.C2H6/c1-10-6-8-11(9-7-10)4-3-5-12(14)13-2;1-2/h6-9H,3-5H2,1-2H3,(H,13,14);1-2H3. The summed E-state index contributed by atoms with van der Waals surface area (Å²) in [4.78, 5) is 10.9. The summed E-state index contributed by atoms with van der Waals surface area (Å²) in [6.07, 6.45) is 2.51. The van der Waals surface area contributed by atoms with Gasteiger partial charge in [-0.15, -0.1) is 0 Å². The van der Waals surface area contributed by atoms with Crippen LogP contribution in [0.2, 0.25) is 0 Å². The number of rotatable bonds is 4. The van der Waals surface area contributed by atoms with Gasteiger partial charge in [-0.1, -0.05) is 43.7 Å². The predicted molar refractivity (Wildman–Crippen MR) is 69.5 cm³/mol. The van der Waals surface area contributed by atoms with E-state index in [-0.39, 0.29) is 5.91 Å². The smallest absolute Gasteiger partial charge is 0.219 e. The van der Waals surface area contributed by atoms with Crippen molar-refractivity contribution < 1.29 is 4.79 Å². The van der Waals surface area contributed by atoms with Gasteiger partial charge in [0.05, 0.1) is 0 Å². The van der Waals surface area contributed by atoms with Crippen molar-refractivity contribution in [3.63, 3.8) is 0 Å². The highest BCUT2D eigenvalue weighted by molar-refractivity contribution is 5.75. The van der Waals surface area contributed by atoms with Gasteiger partial charge in [-0.2, -0.15) is 0 Å². The quantitative estimate of drug-likeness (QED) is 0.831. The van der Waals surface area contributed by atoms with E-state index in [1.807, 2.05) is 13.8 Å². The maximum atomic E-state index is 10.9. The minimum absolute atomic E-state index is 0.122. The molecule has 1 rings (SSSR count). The minimum atomic E-state index is 0.122. The lowest BCUT2D eigenvalue weighted by Gasteiger charge is -2.01. The van der Waals surface area contributed by atoms with Crippen LogP contribution in [-0.2, 0) is 11.2 Å². The fourth-order valence-corrected chi connectivity index (χ4v) is 1.33. The maximum absolute atomic E-state index is 10.9. The molecule has 2 heteroatoms. The van der Waals surface area contributed by atoms with Gasteiger partial charge in [0.1, 0.15) is 0 Å². The summed E-state index contributed by atoms with van der Waals surface area (Å²) in [5, 5.41) is 2.62. The van der Waals surface area contributed by atoms with Crippen LogP contribution in [0.5, 0.6) is 0 Å². The van der Waals surface area contributed by atoms with E-state index >= 15 is 0 Å². The average Bonchev–Trinajstić information content (AvgIpc) is 2.34. The highest BCUT2D eigenvalue weighted by atomic mass is 16.1. The number of carbonyl (C=O) groups excluding carboxylic acids is 1. The first-order valence-corrected chi connectivity index (χ1v) is 5.98. The highest BCUT2D eigenvalue weighted by Crippen LogP contribution is 2.06. The molecule has 0 bridgehead atoms. The van der Waals surface area contributed by atoms with E-state index in [0.717, 1.165) is 12.8 Å². The molecule has 0 fully saturated rings. The van der Waals surface area contributed by atoms with Crippen molar-refractivity contribution in [2.45, 2.75) is 40.0 Å². The van der Waals surface area contributed by atoms with Crippen molar-refractivity contribution in [2.24, 2.45) is 0 Å². The molecular weight excluding hydrogens is 198 g/mol. The van der Waals surface area contributed by atoms with Crippen molar-refractivity contribution in [3.8, 4) is 0 Å². The number of aryl methyl sites for hydroxylation is 2. The molecule has 0 heterocycles. The zero-order valence-corrected chi connectivity index (χ0v) is 10.8. The zero-order chi connectivity index (χ0) is 12.4. The average molecular weight is 221 g/mol. The molecule has 0 spiro atoms. The Kier molecular flexibility index (Phi) is 8.22. The van der Waals surface area contributed by atoms with Crippen molar-refractivity contribution in [2.75, 3.05) is 7.05 Å². The van der Waals surface area contributed by atoms with E-state index in [4.69, 9.17) is 0 Å². The SMILES string of the molecule is CC.CNC(=O)CCCc1ccc(C)cc1. The molecule has 0 aliphatic rings. The molecule has 1 amide bonds. The first-order valence-electron chi connectivity index (χ1n) is 5.98. The van der Waals surface area contributed by atoms with E-state index in [2.05, 4.69) is 36.5 Å². The Bertz CT molecular complexity index is 290. The molecule has 0 saturated carbocycles. The van der Waals surface area contributed by atoms with Crippen LogP contribution in [0.1, 0.15) is 37.8 Å². The Labute approximate surface area is 99.1 Å². The van der Waals surface area contributed by atoms with Gasteiger partial charge in [-0.05, 0) is 25.3 Å². The van der Waals surface area contributed by atoms with Crippen molar-refractivity contribution in [1.82, 2.24) is 5.32 Å². The molecule has 0 aromatic heterocycles. The van der Waals surface area contributed by atoms with Crippen molar-refractivity contribution in [3.05, 3.63) is 35.4 Å². The second-order valence-corrected chi connectivity index (χ2v) is 3.51. The Morgan fingerprint density at radius 2 is 1.75 bits per heavy atom. The van der Waals surface area contributed by atoms with Crippen LogP contribution in [0.4, 0.5) is 0 Å². The fraction of sp³-hybridized carbons (Fsp3) is 0.500. The summed E-state index contributed by atoms with van der Waals surface area (Å²) in [5.41, 5.74) is 2.58. The van der Waals surface area contributed by atoms with Crippen molar-refractivity contribution in [1.29, 1.82) is 0 Å². The summed E-state index contributed by atoms with van der Waals surface area (Å²) in [7, 11) is 1.67. The van der Waals surface area contributed by atoms with Crippen LogP contribution in [0, 0.1) is 6.92 Å². The van der Waals surface area contributed by atoms with Crippen LogP contribution in [-0.4, -0.2) is 13.0 Å². The van der Waals surface area contributed by atoms with Crippen LogP contribution < -0.4 is 5.32 Å². The van der Waals surface area contributed by atoms with Gasteiger partial charge in [0.15, 0.2) is 0 Å². The number of hydrogen-bond donors (Lipinski definition) is 1. The van der Waals surface area contributed by atoms with Gasteiger partial charge in [0.2, 0.25) is 5.91 Å². The maximum Gasteiger partial charge on any atom is 0.219 e. The highest BCUT2D eigenvalue weighted by Gasteiger charge is 1.98. The fourth-order valence-electron chi connectivity index (χ4n) is 1.33. The van der Waals surface area contributed by atoms with E-state index in [1.165, 1.54) is 11.1 Å². The molecule has 0 unspecified atom stereocenters. The lowest BCUT2D eigenvalue weighted by molar-refractivity contribution is -0.120.